The number of halogens is 3. The van der Waals surface area contributed by atoms with Crippen molar-refractivity contribution in [2.45, 2.75) is 17.5 Å². The van der Waals surface area contributed by atoms with Crippen LogP contribution in [0.25, 0.3) is 22.0 Å². The first kappa shape index (κ1) is 23.5. The van der Waals surface area contributed by atoms with Gasteiger partial charge in [0.15, 0.2) is 0 Å². The van der Waals surface area contributed by atoms with Crippen molar-refractivity contribution in [2.24, 2.45) is 0 Å². The maximum absolute atomic E-state index is 14.7. The Morgan fingerprint density at radius 2 is 2.06 bits per heavy atom. The van der Waals surface area contributed by atoms with Gasteiger partial charge in [0.1, 0.15) is 27.3 Å². The van der Waals surface area contributed by atoms with E-state index in [9.17, 15) is 22.0 Å². The zero-order chi connectivity index (χ0) is 24.2. The minimum atomic E-state index is -3.29. The van der Waals surface area contributed by atoms with E-state index in [0.717, 1.165) is 6.07 Å². The van der Waals surface area contributed by atoms with Crippen LogP contribution in [0.5, 0.6) is 0 Å². The molecule has 1 aromatic heterocycles. The number of sulfone groups is 1. The summed E-state index contributed by atoms with van der Waals surface area (Å²) in [5.74, 6) is -0.617. The van der Waals surface area contributed by atoms with Gasteiger partial charge in [0.05, 0.1) is 22.3 Å². The third kappa shape index (κ3) is 4.19. The minimum Gasteiger partial charge on any atom is -0.349 e. The molecule has 3 aromatic rings. The maximum Gasteiger partial charge on any atom is 0.350 e. The first-order chi connectivity index (χ1) is 16.1. The second kappa shape index (κ2) is 8.78. The quantitative estimate of drug-likeness (QED) is 0.559. The van der Waals surface area contributed by atoms with E-state index in [-0.39, 0.29) is 16.3 Å². The summed E-state index contributed by atoms with van der Waals surface area (Å²) in [6.45, 7) is 1.90. The smallest absolute Gasteiger partial charge is 0.349 e. The number of aromatic nitrogens is 2. The van der Waals surface area contributed by atoms with Crippen molar-refractivity contribution >= 4 is 49.9 Å². The van der Waals surface area contributed by atoms with Gasteiger partial charge in [0, 0.05) is 65.7 Å². The molecule has 0 radical (unpaired) electrons. The van der Waals surface area contributed by atoms with Crippen molar-refractivity contribution in [3.8, 4) is 11.1 Å². The summed E-state index contributed by atoms with van der Waals surface area (Å²) in [5.41, 5.74) is 0.654. The first-order valence-corrected chi connectivity index (χ1v) is 14.1. The van der Waals surface area contributed by atoms with E-state index in [1.165, 1.54) is 30.2 Å². The zero-order valence-electron chi connectivity index (χ0n) is 18.1. The van der Waals surface area contributed by atoms with Gasteiger partial charge in [0.2, 0.25) is 0 Å². The number of thioether (sulfide) groups is 1. The summed E-state index contributed by atoms with van der Waals surface area (Å²) in [5, 5.41) is 4.03. The van der Waals surface area contributed by atoms with E-state index >= 15 is 0 Å². The van der Waals surface area contributed by atoms with Crippen LogP contribution in [0.3, 0.4) is 0 Å². The molecule has 5 rings (SSSR count). The predicted octanol–water partition coefficient (Wildman–Crippen LogP) is 2.92. The Kier molecular flexibility index (Phi) is 6.07. The molecule has 0 unspecified atom stereocenters. The number of hydrogen-bond donors (Lipinski definition) is 1. The average Bonchev–Trinajstić information content (AvgIpc) is 2.76. The molecular weight excluding hydrogens is 506 g/mol. The highest BCUT2D eigenvalue weighted by atomic mass is 35.5. The van der Waals surface area contributed by atoms with Crippen LogP contribution in [0.4, 0.5) is 14.6 Å². The number of nitrogens with zero attached hydrogens (tertiary/aromatic N) is 3. The normalized spacial score (nSPS) is 18.5. The molecule has 7 nitrogen and oxygen atoms in total. The lowest BCUT2D eigenvalue weighted by molar-refractivity contribution is 0.492. The second-order valence-corrected chi connectivity index (χ2v) is 12.1. The van der Waals surface area contributed by atoms with Crippen LogP contribution < -0.4 is 15.9 Å². The molecule has 1 N–H and O–H groups in total. The van der Waals surface area contributed by atoms with Crippen LogP contribution in [-0.4, -0.2) is 61.4 Å². The zero-order valence-corrected chi connectivity index (χ0v) is 20.5. The van der Waals surface area contributed by atoms with Crippen molar-refractivity contribution in [3.63, 3.8) is 0 Å². The van der Waals surface area contributed by atoms with E-state index in [1.54, 1.807) is 10.6 Å². The number of benzene rings is 2. The van der Waals surface area contributed by atoms with Gasteiger partial charge in [0.25, 0.3) is 0 Å². The lowest BCUT2D eigenvalue weighted by Gasteiger charge is -2.37. The summed E-state index contributed by atoms with van der Waals surface area (Å²) < 4.78 is 54.0. The molecule has 1 saturated heterocycles. The molecular formula is C22H21ClF2N4O3S2. The van der Waals surface area contributed by atoms with Gasteiger partial charge in [-0.2, -0.15) is 4.98 Å². The number of nitrogens with one attached hydrogen (secondary N) is 1. The number of aryl methyl sites for hydroxylation is 1. The topological polar surface area (TPSA) is 84.3 Å². The fourth-order valence-corrected chi connectivity index (χ4v) is 7.21. The van der Waals surface area contributed by atoms with Crippen LogP contribution >= 0.6 is 23.4 Å². The highest BCUT2D eigenvalue weighted by molar-refractivity contribution is 7.99. The number of anilines is 1. The third-order valence-corrected chi connectivity index (χ3v) is 8.39. The Hall–Kier alpha value is -2.21. The van der Waals surface area contributed by atoms with Gasteiger partial charge in [-0.25, -0.2) is 22.0 Å². The van der Waals surface area contributed by atoms with Gasteiger partial charge < -0.3 is 10.2 Å². The molecule has 2 aromatic carbocycles. The Balaban J connectivity index is 1.78. The van der Waals surface area contributed by atoms with Crippen LogP contribution in [0.15, 0.2) is 34.0 Å². The van der Waals surface area contributed by atoms with Gasteiger partial charge in [-0.3, -0.25) is 4.57 Å². The lowest BCUT2D eigenvalue weighted by Crippen LogP contribution is -2.55. The van der Waals surface area contributed by atoms with E-state index in [4.69, 9.17) is 11.6 Å². The van der Waals surface area contributed by atoms with Crippen molar-refractivity contribution < 1.29 is 17.2 Å². The lowest BCUT2D eigenvalue weighted by atomic mass is 10.0. The SMILES string of the molecule is CS(=O)(=O)C[C@H]1CNCCN1c1nc(=O)n2c3c(c(-c4ccc(F)cc4F)c(Cl)cc13)SCC2. The Bertz CT molecular complexity index is 1480. The molecule has 0 aliphatic carbocycles. The van der Waals surface area contributed by atoms with Crippen LogP contribution in [0.2, 0.25) is 5.02 Å². The van der Waals surface area contributed by atoms with Crippen LogP contribution in [0, 0.1) is 11.6 Å². The molecule has 12 heteroatoms. The Morgan fingerprint density at radius 3 is 2.79 bits per heavy atom. The standard InChI is InChI=1S/C22H21ClF2N4O3S2/c1-34(31,32)11-13-10-26-4-5-28(13)21-15-9-16(23)18(14-3-2-12(24)8-17(14)25)20-19(15)29(6-7-33-20)22(30)27-21/h2-3,8-9,13,26H,4-7,10-11H2,1H3/t13-/m1/s1. The summed E-state index contributed by atoms with van der Waals surface area (Å²) >= 11 is 8.13. The van der Waals surface area contributed by atoms with E-state index in [0.29, 0.717) is 59.1 Å². The number of piperazine rings is 1. The number of hydrogen-bond acceptors (Lipinski definition) is 7. The Labute approximate surface area is 204 Å². The van der Waals surface area contributed by atoms with Gasteiger partial charge in [-0.1, -0.05) is 11.6 Å². The monoisotopic (exact) mass is 526 g/mol. The highest BCUT2D eigenvalue weighted by Crippen LogP contribution is 2.46. The first-order valence-electron chi connectivity index (χ1n) is 10.6. The largest absolute Gasteiger partial charge is 0.350 e. The molecule has 0 amide bonds. The molecule has 3 heterocycles. The second-order valence-electron chi connectivity index (χ2n) is 8.44. The van der Waals surface area contributed by atoms with Gasteiger partial charge in [-0.05, 0) is 18.2 Å². The summed E-state index contributed by atoms with van der Waals surface area (Å²) in [7, 11) is -3.29. The van der Waals surface area contributed by atoms with Crippen molar-refractivity contribution in [2.75, 3.05) is 42.3 Å². The van der Waals surface area contributed by atoms with Gasteiger partial charge in [-0.15, -0.1) is 11.8 Å². The summed E-state index contributed by atoms with van der Waals surface area (Å²) in [6, 6.07) is 4.54. The molecule has 180 valence electrons. The van der Waals surface area contributed by atoms with Crippen molar-refractivity contribution in [1.82, 2.24) is 14.9 Å². The third-order valence-electron chi connectivity index (χ3n) is 6.03. The molecule has 34 heavy (non-hydrogen) atoms. The highest BCUT2D eigenvalue weighted by Gasteiger charge is 2.31. The number of rotatable bonds is 4. The molecule has 1 fully saturated rings. The molecule has 0 bridgehead atoms. The minimum absolute atomic E-state index is 0.0968. The average molecular weight is 527 g/mol. The van der Waals surface area contributed by atoms with Crippen molar-refractivity contribution in [1.29, 1.82) is 0 Å². The molecule has 2 aliphatic heterocycles. The molecule has 0 saturated carbocycles. The summed E-state index contributed by atoms with van der Waals surface area (Å²) in [4.78, 5) is 19.9. The van der Waals surface area contributed by atoms with Gasteiger partial charge >= 0.3 is 5.69 Å². The van der Waals surface area contributed by atoms with Crippen LogP contribution in [-0.2, 0) is 16.4 Å². The Morgan fingerprint density at radius 1 is 1.26 bits per heavy atom. The maximum atomic E-state index is 14.7. The molecule has 2 aliphatic rings. The van der Waals surface area contributed by atoms with E-state index in [2.05, 4.69) is 10.3 Å². The fraction of sp³-hybridized carbons (Fsp3) is 0.364. The molecule has 1 atom stereocenters. The van der Waals surface area contributed by atoms with Crippen LogP contribution in [0.1, 0.15) is 0 Å². The van der Waals surface area contributed by atoms with E-state index in [1.807, 2.05) is 4.90 Å². The fourth-order valence-electron chi connectivity index (χ4n) is 4.65. The van der Waals surface area contributed by atoms with E-state index < -0.39 is 33.2 Å². The summed E-state index contributed by atoms with van der Waals surface area (Å²) in [6.07, 6.45) is 1.18. The molecule has 0 spiro atoms. The van der Waals surface area contributed by atoms with Crippen molar-refractivity contribution in [3.05, 3.63) is 51.4 Å². The predicted molar refractivity (Wildman–Crippen MR) is 131 cm³/mol.